The summed E-state index contributed by atoms with van der Waals surface area (Å²) in [5, 5.41) is 2.70. The van der Waals surface area contributed by atoms with Gasteiger partial charge in [-0.15, -0.1) is 0 Å². The largest absolute Gasteiger partial charge is 0.493 e. The smallest absolute Gasteiger partial charge is 0.251 e. The summed E-state index contributed by atoms with van der Waals surface area (Å²) in [5.41, 5.74) is 0.574. The lowest BCUT2D eigenvalue weighted by molar-refractivity contribution is 0.0939. The van der Waals surface area contributed by atoms with Crippen LogP contribution >= 0.6 is 0 Å². The molecule has 1 atom stereocenters. The molecule has 0 saturated carbocycles. The van der Waals surface area contributed by atoms with E-state index in [1.165, 1.54) is 13.2 Å². The highest BCUT2D eigenvalue weighted by atomic mass is 19.1. The van der Waals surface area contributed by atoms with E-state index in [2.05, 4.69) is 12.2 Å². The van der Waals surface area contributed by atoms with Gasteiger partial charge in [0.2, 0.25) is 0 Å². The molecule has 0 bridgehead atoms. The number of hydrogen-bond acceptors (Lipinski definition) is 3. The van der Waals surface area contributed by atoms with Crippen LogP contribution in [0.3, 0.4) is 0 Å². The highest BCUT2D eigenvalue weighted by molar-refractivity contribution is 5.95. The monoisotopic (exact) mass is 363 g/mol. The molecule has 0 aromatic heterocycles. The van der Waals surface area contributed by atoms with Crippen LogP contribution in [0.25, 0.3) is 0 Å². The average Bonchev–Trinajstić information content (AvgIpc) is 2.61. The number of ether oxygens (including phenoxy) is 2. The minimum atomic E-state index is -0.699. The van der Waals surface area contributed by atoms with Crippen molar-refractivity contribution in [1.82, 2.24) is 5.32 Å². The zero-order valence-corrected chi connectivity index (χ0v) is 15.1. The molecular weight excluding hydrogens is 340 g/mol. The lowest BCUT2D eigenvalue weighted by atomic mass is 10.1. The van der Waals surface area contributed by atoms with E-state index in [9.17, 15) is 13.6 Å². The molecule has 2 rings (SSSR count). The van der Waals surface area contributed by atoms with Gasteiger partial charge in [-0.05, 0) is 37.6 Å². The van der Waals surface area contributed by atoms with E-state index >= 15 is 0 Å². The SMILES string of the molecule is CCCCOc1ccc(C(=O)N[C@@H](C)c2ccc(F)cc2F)cc1OC. The first-order valence-electron chi connectivity index (χ1n) is 8.53. The number of benzene rings is 2. The molecule has 0 saturated heterocycles. The maximum Gasteiger partial charge on any atom is 0.251 e. The second-order valence-electron chi connectivity index (χ2n) is 5.93. The van der Waals surface area contributed by atoms with Crippen molar-refractivity contribution in [3.05, 3.63) is 59.2 Å². The Hall–Kier alpha value is -2.63. The van der Waals surface area contributed by atoms with Crippen LogP contribution < -0.4 is 14.8 Å². The van der Waals surface area contributed by atoms with Crippen molar-refractivity contribution in [2.24, 2.45) is 0 Å². The number of nitrogens with one attached hydrogen (secondary N) is 1. The molecule has 4 nitrogen and oxygen atoms in total. The number of rotatable bonds is 8. The number of methoxy groups -OCH3 is 1. The number of amides is 1. The van der Waals surface area contributed by atoms with Crippen LogP contribution in [0.2, 0.25) is 0 Å². The Morgan fingerprint density at radius 2 is 1.92 bits per heavy atom. The topological polar surface area (TPSA) is 47.6 Å². The van der Waals surface area contributed by atoms with Crippen LogP contribution in [0.1, 0.15) is 48.7 Å². The Morgan fingerprint density at radius 1 is 1.15 bits per heavy atom. The van der Waals surface area contributed by atoms with E-state index in [0.717, 1.165) is 25.0 Å². The fourth-order valence-corrected chi connectivity index (χ4v) is 2.46. The lowest BCUT2D eigenvalue weighted by Gasteiger charge is -2.16. The molecule has 0 aliphatic heterocycles. The van der Waals surface area contributed by atoms with Gasteiger partial charge < -0.3 is 14.8 Å². The van der Waals surface area contributed by atoms with Crippen molar-refractivity contribution in [2.45, 2.75) is 32.7 Å². The second kappa shape index (κ2) is 9.17. The second-order valence-corrected chi connectivity index (χ2v) is 5.93. The van der Waals surface area contributed by atoms with Gasteiger partial charge in [0.05, 0.1) is 19.8 Å². The Bertz CT molecular complexity index is 765. The number of carbonyl (C=O) groups is 1. The Balaban J connectivity index is 2.11. The van der Waals surface area contributed by atoms with Crippen molar-refractivity contribution in [2.75, 3.05) is 13.7 Å². The minimum absolute atomic E-state index is 0.214. The summed E-state index contributed by atoms with van der Waals surface area (Å²) in [6, 6.07) is 7.52. The molecule has 1 N–H and O–H groups in total. The van der Waals surface area contributed by atoms with Crippen LogP contribution in [0, 0.1) is 11.6 Å². The first-order chi connectivity index (χ1) is 12.5. The fraction of sp³-hybridized carbons (Fsp3) is 0.350. The van der Waals surface area contributed by atoms with Gasteiger partial charge in [0.25, 0.3) is 5.91 Å². The quantitative estimate of drug-likeness (QED) is 0.695. The van der Waals surface area contributed by atoms with Crippen molar-refractivity contribution < 1.29 is 23.0 Å². The molecule has 0 spiro atoms. The summed E-state index contributed by atoms with van der Waals surface area (Å²) in [6.07, 6.45) is 1.94. The zero-order valence-electron chi connectivity index (χ0n) is 15.1. The van der Waals surface area contributed by atoms with E-state index < -0.39 is 17.7 Å². The van der Waals surface area contributed by atoms with Gasteiger partial charge in [-0.3, -0.25) is 4.79 Å². The van der Waals surface area contributed by atoms with Crippen molar-refractivity contribution in [3.8, 4) is 11.5 Å². The third-order valence-corrected chi connectivity index (χ3v) is 3.96. The van der Waals surface area contributed by atoms with E-state index in [-0.39, 0.29) is 11.5 Å². The Morgan fingerprint density at radius 3 is 2.58 bits per heavy atom. The molecule has 2 aromatic rings. The molecule has 0 aliphatic carbocycles. The predicted octanol–water partition coefficient (Wildman–Crippen LogP) is 4.64. The predicted molar refractivity (Wildman–Crippen MR) is 95.6 cm³/mol. The number of carbonyl (C=O) groups excluding carboxylic acids is 1. The van der Waals surface area contributed by atoms with Gasteiger partial charge in [0, 0.05) is 17.2 Å². The lowest BCUT2D eigenvalue weighted by Crippen LogP contribution is -2.27. The molecule has 26 heavy (non-hydrogen) atoms. The van der Waals surface area contributed by atoms with Crippen LogP contribution in [-0.4, -0.2) is 19.6 Å². The minimum Gasteiger partial charge on any atom is -0.493 e. The highest BCUT2D eigenvalue weighted by Gasteiger charge is 2.17. The van der Waals surface area contributed by atoms with E-state index in [1.54, 1.807) is 25.1 Å². The zero-order chi connectivity index (χ0) is 19.1. The molecule has 140 valence electrons. The summed E-state index contributed by atoms with van der Waals surface area (Å²) in [6.45, 7) is 4.27. The van der Waals surface area contributed by atoms with Gasteiger partial charge >= 0.3 is 0 Å². The van der Waals surface area contributed by atoms with Crippen LogP contribution in [0.15, 0.2) is 36.4 Å². The maximum absolute atomic E-state index is 13.8. The molecule has 2 aromatic carbocycles. The van der Waals surface area contributed by atoms with Gasteiger partial charge in [0.1, 0.15) is 11.6 Å². The summed E-state index contributed by atoms with van der Waals surface area (Å²) < 4.78 is 37.8. The standard InChI is InChI=1S/C20H23F2NO3/c1-4-5-10-26-18-9-6-14(11-19(18)25-3)20(24)23-13(2)16-8-7-15(21)12-17(16)22/h6-9,11-13H,4-5,10H2,1-3H3,(H,23,24)/t13-/m0/s1. The third kappa shape index (κ3) is 4.94. The highest BCUT2D eigenvalue weighted by Crippen LogP contribution is 2.28. The molecule has 6 heteroatoms. The normalized spacial score (nSPS) is 11.7. The van der Waals surface area contributed by atoms with Gasteiger partial charge in [-0.2, -0.15) is 0 Å². The van der Waals surface area contributed by atoms with Crippen molar-refractivity contribution in [1.29, 1.82) is 0 Å². The Kier molecular flexibility index (Phi) is 6.95. The van der Waals surface area contributed by atoms with Crippen molar-refractivity contribution >= 4 is 5.91 Å². The number of halogens is 2. The van der Waals surface area contributed by atoms with Gasteiger partial charge in [-0.25, -0.2) is 8.78 Å². The summed E-state index contributed by atoms with van der Waals surface area (Å²) in [4.78, 5) is 12.4. The molecule has 1 amide bonds. The molecule has 0 unspecified atom stereocenters. The molecule has 0 radical (unpaired) electrons. The van der Waals surface area contributed by atoms with Crippen LogP contribution in [0.4, 0.5) is 8.78 Å². The number of hydrogen-bond donors (Lipinski definition) is 1. The number of unbranched alkanes of at least 4 members (excludes halogenated alkanes) is 1. The fourth-order valence-electron chi connectivity index (χ4n) is 2.46. The average molecular weight is 363 g/mol. The van der Waals surface area contributed by atoms with E-state index in [1.807, 2.05) is 0 Å². The Labute approximate surface area is 152 Å². The third-order valence-electron chi connectivity index (χ3n) is 3.96. The first kappa shape index (κ1) is 19.7. The summed E-state index contributed by atoms with van der Waals surface area (Å²) >= 11 is 0. The van der Waals surface area contributed by atoms with Gasteiger partial charge in [0.15, 0.2) is 11.5 Å². The van der Waals surface area contributed by atoms with Crippen molar-refractivity contribution in [3.63, 3.8) is 0 Å². The van der Waals surface area contributed by atoms with E-state index in [4.69, 9.17) is 9.47 Å². The van der Waals surface area contributed by atoms with E-state index in [0.29, 0.717) is 23.7 Å². The van der Waals surface area contributed by atoms with Crippen LogP contribution in [0.5, 0.6) is 11.5 Å². The van der Waals surface area contributed by atoms with Gasteiger partial charge in [-0.1, -0.05) is 19.4 Å². The maximum atomic E-state index is 13.8. The summed E-state index contributed by atoms with van der Waals surface area (Å²) in [5.74, 6) is -0.729. The molecule has 0 fully saturated rings. The molecular formula is C20H23F2NO3. The molecule has 0 heterocycles. The first-order valence-corrected chi connectivity index (χ1v) is 8.53. The molecule has 0 aliphatic rings. The summed E-state index contributed by atoms with van der Waals surface area (Å²) in [7, 11) is 1.50. The van der Waals surface area contributed by atoms with Crippen LogP contribution in [-0.2, 0) is 0 Å².